The van der Waals surface area contributed by atoms with Gasteiger partial charge in [-0.3, -0.25) is 24.1 Å². The molecule has 34 heavy (non-hydrogen) atoms. The van der Waals surface area contributed by atoms with Crippen LogP contribution in [0.2, 0.25) is 0 Å². The summed E-state index contributed by atoms with van der Waals surface area (Å²) >= 11 is 4.65. The quantitative estimate of drug-likeness (QED) is 0.413. The molecule has 5 aliphatic heterocycles. The lowest BCUT2D eigenvalue weighted by Gasteiger charge is -2.51. The number of aliphatic hydroxyl groups is 1. The van der Waals surface area contributed by atoms with Gasteiger partial charge in [-0.15, -0.1) is 12.6 Å². The number of nitrogens with zero attached hydrogens (tertiary/aromatic N) is 2. The first-order valence-electron chi connectivity index (χ1n) is 10.6. The summed E-state index contributed by atoms with van der Waals surface area (Å²) in [5.74, 6) is -2.67. The van der Waals surface area contributed by atoms with Crippen LogP contribution in [-0.2, 0) is 38.1 Å². The average molecular weight is 490 g/mol. The number of esters is 2. The maximum Gasteiger partial charge on any atom is 0.303 e. The molecule has 3 fully saturated rings. The van der Waals surface area contributed by atoms with Gasteiger partial charge in [0.25, 0.3) is 11.8 Å². The maximum absolute atomic E-state index is 14.0. The minimum atomic E-state index is -2.29. The number of hydrogen-bond acceptors (Lipinski definition) is 10. The summed E-state index contributed by atoms with van der Waals surface area (Å²) in [5.41, 5.74) is -1.40. The van der Waals surface area contributed by atoms with Gasteiger partial charge in [-0.1, -0.05) is 0 Å². The van der Waals surface area contributed by atoms with E-state index in [1.54, 1.807) is 0 Å². The van der Waals surface area contributed by atoms with Crippen LogP contribution >= 0.6 is 12.6 Å². The molecule has 0 aromatic rings. The van der Waals surface area contributed by atoms with Crippen molar-refractivity contribution in [3.05, 3.63) is 48.3 Å². The molecule has 0 spiro atoms. The second kappa shape index (κ2) is 7.64. The van der Waals surface area contributed by atoms with E-state index in [9.17, 15) is 24.3 Å². The molecule has 0 radical (unpaired) electrons. The average Bonchev–Trinajstić information content (AvgIpc) is 3.06. The highest BCUT2D eigenvalue weighted by Gasteiger charge is 2.72. The van der Waals surface area contributed by atoms with Gasteiger partial charge in [-0.2, -0.15) is 0 Å². The second-order valence-corrected chi connectivity index (χ2v) is 9.43. The molecule has 180 valence electrons. The molecule has 0 saturated carbocycles. The van der Waals surface area contributed by atoms with E-state index in [1.807, 2.05) is 0 Å². The van der Waals surface area contributed by atoms with E-state index in [0.717, 1.165) is 9.80 Å². The molecule has 5 aliphatic rings. The molecular weight excluding hydrogens is 468 g/mol. The predicted molar refractivity (Wildman–Crippen MR) is 115 cm³/mol. The van der Waals surface area contributed by atoms with Gasteiger partial charge in [-0.05, 0) is 23.3 Å². The minimum absolute atomic E-state index is 0.0340. The Hall–Kier alpha value is -3.25. The Balaban J connectivity index is 1.61. The molecule has 4 unspecified atom stereocenters. The molecule has 3 saturated heterocycles. The van der Waals surface area contributed by atoms with Crippen LogP contribution in [0.4, 0.5) is 0 Å². The fraction of sp³-hybridized carbons (Fsp3) is 0.455. The predicted octanol–water partition coefficient (Wildman–Crippen LogP) is 0.235. The van der Waals surface area contributed by atoms with E-state index in [-0.39, 0.29) is 12.8 Å². The van der Waals surface area contributed by atoms with Crippen molar-refractivity contribution in [2.24, 2.45) is 0 Å². The number of thiol groups is 1. The van der Waals surface area contributed by atoms with Gasteiger partial charge in [0.1, 0.15) is 18.2 Å². The number of carbonyl (C=O) groups is 4. The summed E-state index contributed by atoms with van der Waals surface area (Å²) in [6.07, 6.45) is 5.98. The maximum atomic E-state index is 14.0. The van der Waals surface area contributed by atoms with E-state index in [4.69, 9.17) is 18.9 Å². The van der Waals surface area contributed by atoms with Gasteiger partial charge >= 0.3 is 11.9 Å². The van der Waals surface area contributed by atoms with Gasteiger partial charge in [0, 0.05) is 26.7 Å². The highest BCUT2D eigenvalue weighted by atomic mass is 32.1. The molecule has 0 aromatic carbocycles. The highest BCUT2D eigenvalue weighted by molar-refractivity contribution is 7.82. The topological polar surface area (TPSA) is 132 Å². The molecule has 12 heteroatoms. The number of piperazine rings is 1. The van der Waals surface area contributed by atoms with Gasteiger partial charge in [0.2, 0.25) is 5.72 Å². The SMILES string of the molecule is CC(=O)OC1C=COC=C2C[C@@]3(O)C(=O)N4C5C(=COC=CC5OC(C)=O)C[C@@]4(S)C(=O)N3C21. The van der Waals surface area contributed by atoms with Gasteiger partial charge < -0.3 is 29.0 Å². The number of ether oxygens (including phenoxy) is 4. The number of rotatable bonds is 2. The van der Waals surface area contributed by atoms with Crippen molar-refractivity contribution in [2.75, 3.05) is 0 Å². The first-order chi connectivity index (χ1) is 16.1. The molecule has 2 amide bonds. The zero-order valence-electron chi connectivity index (χ0n) is 18.2. The number of hydrogen-bond donors (Lipinski definition) is 2. The van der Waals surface area contributed by atoms with Crippen LogP contribution in [0, 0.1) is 0 Å². The van der Waals surface area contributed by atoms with Crippen molar-refractivity contribution in [3.8, 4) is 0 Å². The zero-order valence-corrected chi connectivity index (χ0v) is 19.1. The van der Waals surface area contributed by atoms with Crippen molar-refractivity contribution in [3.63, 3.8) is 0 Å². The largest absolute Gasteiger partial charge is 0.473 e. The van der Waals surface area contributed by atoms with Crippen LogP contribution < -0.4 is 0 Å². The van der Waals surface area contributed by atoms with Crippen LogP contribution in [0.1, 0.15) is 26.7 Å². The molecule has 6 atom stereocenters. The Morgan fingerprint density at radius 2 is 1.44 bits per heavy atom. The van der Waals surface area contributed by atoms with Crippen molar-refractivity contribution < 1.29 is 43.2 Å². The normalized spacial score (nSPS) is 37.6. The van der Waals surface area contributed by atoms with Crippen LogP contribution in [0.25, 0.3) is 0 Å². The van der Waals surface area contributed by atoms with Gasteiger partial charge in [0.15, 0.2) is 4.87 Å². The van der Waals surface area contributed by atoms with E-state index in [1.165, 1.54) is 51.0 Å². The molecular formula is C22H22N2O9S. The fourth-order valence-corrected chi connectivity index (χ4v) is 5.82. The van der Waals surface area contributed by atoms with E-state index in [0.29, 0.717) is 11.1 Å². The third-order valence-electron chi connectivity index (χ3n) is 6.50. The fourth-order valence-electron chi connectivity index (χ4n) is 5.31. The standard InChI is InChI=1S/C22H22N2O9S/c1-11(25)32-15-3-5-30-9-13-7-21(29)19(27)24-18-14(10-31-6-4-16(18)33-12(2)26)8-22(24,34)20(28)23(21)17(13)15/h3-6,9-10,15-18,29,34H,7-8H2,1-2H3/t15?,16?,17?,18?,21-,22-/m1/s1. The first kappa shape index (κ1) is 22.5. The molecule has 1 N–H and O–H groups in total. The molecule has 0 aliphatic carbocycles. The highest BCUT2D eigenvalue weighted by Crippen LogP contribution is 2.54. The summed E-state index contributed by atoms with van der Waals surface area (Å²) in [4.78, 5) is 51.9. The first-order valence-corrected chi connectivity index (χ1v) is 11.0. The number of amides is 2. The third kappa shape index (κ3) is 3.08. The molecule has 0 aromatic heterocycles. The Bertz CT molecular complexity index is 1030. The molecule has 11 nitrogen and oxygen atoms in total. The van der Waals surface area contributed by atoms with Crippen LogP contribution in [0.15, 0.2) is 48.3 Å². The van der Waals surface area contributed by atoms with Crippen molar-refractivity contribution in [1.29, 1.82) is 0 Å². The summed E-state index contributed by atoms with van der Waals surface area (Å²) in [5, 5.41) is 11.7. The Morgan fingerprint density at radius 3 is 1.97 bits per heavy atom. The molecule has 5 rings (SSSR count). The summed E-state index contributed by atoms with van der Waals surface area (Å²) in [6.45, 7) is 2.44. The summed E-state index contributed by atoms with van der Waals surface area (Å²) in [6, 6.07) is -1.89. The van der Waals surface area contributed by atoms with E-state index < -0.39 is 58.6 Å². The minimum Gasteiger partial charge on any atom is -0.473 e. The Kier molecular flexibility index (Phi) is 5.06. The van der Waals surface area contributed by atoms with E-state index in [2.05, 4.69) is 12.6 Å². The Labute approximate surface area is 199 Å². The van der Waals surface area contributed by atoms with Crippen LogP contribution in [-0.4, -0.2) is 73.5 Å². The smallest absolute Gasteiger partial charge is 0.303 e. The third-order valence-corrected chi connectivity index (χ3v) is 7.06. The Morgan fingerprint density at radius 1 is 0.941 bits per heavy atom. The lowest BCUT2D eigenvalue weighted by Crippen LogP contribution is -2.75. The van der Waals surface area contributed by atoms with Crippen LogP contribution in [0.3, 0.4) is 0 Å². The van der Waals surface area contributed by atoms with Crippen LogP contribution in [0.5, 0.6) is 0 Å². The lowest BCUT2D eigenvalue weighted by atomic mass is 10.00. The zero-order chi connectivity index (χ0) is 24.4. The van der Waals surface area contributed by atoms with Gasteiger partial charge in [-0.25, -0.2) is 0 Å². The van der Waals surface area contributed by atoms with Crippen molar-refractivity contribution >= 4 is 36.4 Å². The molecule has 0 bridgehead atoms. The van der Waals surface area contributed by atoms with E-state index >= 15 is 0 Å². The van der Waals surface area contributed by atoms with Crippen molar-refractivity contribution in [1.82, 2.24) is 9.80 Å². The lowest BCUT2D eigenvalue weighted by molar-refractivity contribution is -0.202. The summed E-state index contributed by atoms with van der Waals surface area (Å²) in [7, 11) is 0. The second-order valence-electron chi connectivity index (χ2n) is 8.69. The number of carbonyl (C=O) groups excluding carboxylic acids is 4. The monoisotopic (exact) mass is 490 g/mol. The summed E-state index contributed by atoms with van der Waals surface area (Å²) < 4.78 is 21.4. The van der Waals surface area contributed by atoms with Crippen molar-refractivity contribution in [2.45, 2.75) is 61.6 Å². The number of fused-ring (bicyclic) bond motifs is 6. The van der Waals surface area contributed by atoms with Gasteiger partial charge in [0.05, 0.1) is 31.1 Å². The molecule has 5 heterocycles.